The highest BCUT2D eigenvalue weighted by atomic mass is 32.1. The lowest BCUT2D eigenvalue weighted by Gasteiger charge is -2.33. The smallest absolute Gasteiger partial charge is 0.437 e. The number of rotatable bonds is 32. The Hall–Kier alpha value is -16.4. The van der Waals surface area contributed by atoms with Crippen LogP contribution in [0.1, 0.15) is 140 Å². The maximum absolute atomic E-state index is 15.5. The fourth-order valence-corrected chi connectivity index (χ4v) is 16.2. The fourth-order valence-electron chi connectivity index (χ4n) is 14.6. The number of esters is 2. The van der Waals surface area contributed by atoms with E-state index in [4.69, 9.17) is 28.4 Å². The highest BCUT2D eigenvalue weighted by Gasteiger charge is 2.66. The van der Waals surface area contributed by atoms with Gasteiger partial charge in [0.15, 0.2) is 35.2 Å². The third-order valence-corrected chi connectivity index (χ3v) is 23.1. The first kappa shape index (κ1) is 91.8. The molecule has 0 amide bonds. The third-order valence-electron chi connectivity index (χ3n) is 21.1. The number of benzene rings is 8. The largest absolute Gasteiger partial charge is 0.488 e. The van der Waals surface area contributed by atoms with Crippen molar-refractivity contribution in [1.29, 1.82) is 31.6 Å². The number of ether oxygens (including phenoxy) is 6. The number of halogens is 6. The lowest BCUT2D eigenvalue weighted by molar-refractivity contribution is -0.249. The first-order chi connectivity index (χ1) is 61.9. The van der Waals surface area contributed by atoms with Crippen LogP contribution in [0.15, 0.2) is 263 Å². The van der Waals surface area contributed by atoms with Crippen LogP contribution >= 0.6 is 22.7 Å². The molecule has 2 aliphatic heterocycles. The average Bonchev–Trinajstić information content (AvgIpc) is 1.61. The minimum absolute atomic E-state index is 0.0573. The lowest BCUT2D eigenvalue weighted by atomic mass is 9.71. The summed E-state index contributed by atoms with van der Waals surface area (Å²) in [5.41, 5.74) is -13.5. The van der Waals surface area contributed by atoms with E-state index in [1.54, 1.807) is 121 Å². The zero-order chi connectivity index (χ0) is 92.5. The second-order valence-corrected chi connectivity index (χ2v) is 31.5. The molecule has 2 atom stereocenters. The molecule has 0 saturated heterocycles. The molecule has 22 nitrogen and oxygen atoms in total. The quantitative estimate of drug-likeness (QED) is 0.0171. The molecule has 0 spiro atoms. The van der Waals surface area contributed by atoms with E-state index in [0.29, 0.717) is 53.5 Å². The molecule has 644 valence electrons. The minimum Gasteiger partial charge on any atom is -0.488 e. The van der Waals surface area contributed by atoms with Crippen molar-refractivity contribution in [3.05, 3.63) is 361 Å². The van der Waals surface area contributed by atoms with Gasteiger partial charge in [0.25, 0.3) is 11.2 Å². The molecule has 12 rings (SSSR count). The van der Waals surface area contributed by atoms with Crippen LogP contribution in [-0.4, -0.2) is 99.4 Å². The van der Waals surface area contributed by atoms with Gasteiger partial charge in [0, 0.05) is 107 Å². The van der Waals surface area contributed by atoms with Crippen LogP contribution < -0.4 is 19.3 Å². The molecular weight excluding hydrogens is 1700 g/mol. The third kappa shape index (κ3) is 19.3. The van der Waals surface area contributed by atoms with Crippen LogP contribution in [0.5, 0.6) is 11.5 Å². The lowest BCUT2D eigenvalue weighted by Crippen LogP contribution is -2.43. The van der Waals surface area contributed by atoms with Gasteiger partial charge < -0.3 is 48.4 Å². The standard InChI is InChI=1S/C99H70F6N8O14S2/c1-95(2,81-41-29-65(57-114)85(91(116)117)87(81)93(120)122-47-45-112(3)71-31-25-63(83(49-71)124-59-61-17-9-5-10-18-61)27-33-73-35-37-75(128-73)39-43-79-77(55-110)89(67(51-106)52-107)126-96(79,98(100,101)102)69-21-13-7-14-22-69)82-42-30-66(58-115)86(92(118)119)88(82)94(121)123-48-46-113(4)72-32-26-64(84(50-72)125-60-62-19-11-6-12-20-62)28-34-74-36-38-76(129-74)40-44-80-78(56-111)90(68(53-108)54-109)127-97(80,99(103,104)105)70-23-15-8-16-24-70/h5-44,49-50,57-58H,45-48,59-60H2,1-4H3,(H,116,117)(H,118,119)/b33-27+,34-28+,43-39+,44-40+. The average molecular weight is 1770 g/mol. The zero-order valence-corrected chi connectivity index (χ0v) is 70.2. The van der Waals surface area contributed by atoms with E-state index in [9.17, 15) is 70.6 Å². The van der Waals surface area contributed by atoms with E-state index in [0.717, 1.165) is 35.4 Å². The second kappa shape index (κ2) is 39.6. The summed E-state index contributed by atoms with van der Waals surface area (Å²) in [7, 11) is 3.34. The molecule has 8 aromatic carbocycles. The molecule has 0 saturated carbocycles. The SMILES string of the molecule is CN(CCOC(=O)c1c(C(C)(C)c2ccc(C=O)c(C(=O)O)c2C(=O)OCCN(C)c2ccc(/C=C/c3ccc(/C=C/C4=C(C#N)C(=C(C#N)C#N)OC4(c4ccccc4)C(F)(F)F)s3)c(OCc3ccccc3)c2)ccc(C=O)c1C(=O)O)c1ccc(/C=C/c2ccc(/C=C/C3=C(C#N)C(=C(C#N)C#N)OC3(c3ccccc3)C(F)(F)F)s2)c(OCc2ccccc2)c1. The summed E-state index contributed by atoms with van der Waals surface area (Å²) in [6.45, 7) is 2.16. The van der Waals surface area contributed by atoms with E-state index in [1.807, 2.05) is 60.7 Å². The van der Waals surface area contributed by atoms with E-state index >= 15 is 26.3 Å². The number of likely N-dealkylation sites (N-methyl/N-ethyl adjacent to an activating group) is 2. The van der Waals surface area contributed by atoms with Gasteiger partial charge in [0.2, 0.25) is 0 Å². The molecule has 0 radical (unpaired) electrons. The van der Waals surface area contributed by atoms with Gasteiger partial charge in [0.05, 0.1) is 35.3 Å². The van der Waals surface area contributed by atoms with Crippen molar-refractivity contribution in [2.24, 2.45) is 0 Å². The van der Waals surface area contributed by atoms with Crippen LogP contribution in [0.4, 0.5) is 37.7 Å². The van der Waals surface area contributed by atoms with Crippen molar-refractivity contribution in [2.45, 2.75) is 56.0 Å². The van der Waals surface area contributed by atoms with Gasteiger partial charge in [-0.3, -0.25) is 9.59 Å². The Labute approximate surface area is 742 Å². The number of nitrogens with zero attached hydrogens (tertiary/aromatic N) is 8. The van der Waals surface area contributed by atoms with Gasteiger partial charge in [0.1, 0.15) is 85.5 Å². The predicted molar refractivity (Wildman–Crippen MR) is 468 cm³/mol. The minimum atomic E-state index is -5.20. The van der Waals surface area contributed by atoms with Gasteiger partial charge in [-0.2, -0.15) is 57.9 Å². The maximum atomic E-state index is 15.5. The topological polar surface area (TPSA) is 347 Å². The van der Waals surface area contributed by atoms with Crippen LogP contribution in [0.2, 0.25) is 0 Å². The summed E-state index contributed by atoms with van der Waals surface area (Å²) in [6, 6.07) is 63.0. The van der Waals surface area contributed by atoms with Gasteiger partial charge in [-0.05, 0) is 107 Å². The van der Waals surface area contributed by atoms with Crippen LogP contribution in [-0.2, 0) is 48.8 Å². The zero-order valence-electron chi connectivity index (χ0n) is 68.6. The van der Waals surface area contributed by atoms with Gasteiger partial charge >= 0.3 is 36.2 Å². The predicted octanol–water partition coefficient (Wildman–Crippen LogP) is 20.5. The van der Waals surface area contributed by atoms with E-state index in [2.05, 4.69) is 0 Å². The molecule has 2 aromatic heterocycles. The molecule has 4 heterocycles. The van der Waals surface area contributed by atoms with Crippen molar-refractivity contribution in [3.8, 4) is 47.9 Å². The number of allylic oxidation sites excluding steroid dienone is 4. The van der Waals surface area contributed by atoms with E-state index in [-0.39, 0.29) is 50.0 Å². The number of hydrogen-bond acceptors (Lipinski definition) is 22. The van der Waals surface area contributed by atoms with Crippen LogP contribution in [0.3, 0.4) is 0 Å². The van der Waals surface area contributed by atoms with Crippen molar-refractivity contribution < 1.29 is 93.7 Å². The number of carboxylic acids is 2. The Bertz CT molecular complexity index is 6200. The number of carbonyl (C=O) groups excluding carboxylic acids is 4. The summed E-state index contributed by atoms with van der Waals surface area (Å²) >= 11 is 2.35. The summed E-state index contributed by atoms with van der Waals surface area (Å²) < 4.78 is 129. The summed E-state index contributed by atoms with van der Waals surface area (Å²) in [5.74, 6) is -6.81. The highest BCUT2D eigenvalue weighted by Crippen LogP contribution is 2.58. The Kier molecular flexibility index (Phi) is 28.2. The fraction of sp³-hybridized carbons (Fsp3) is 0.152. The molecule has 10 aromatic rings. The first-order valence-corrected chi connectivity index (χ1v) is 40.6. The van der Waals surface area contributed by atoms with Crippen LogP contribution in [0, 0.1) is 68.0 Å². The normalized spacial score (nSPS) is 14.9. The maximum Gasteiger partial charge on any atom is 0.437 e. The molecule has 0 bridgehead atoms. The molecule has 0 fully saturated rings. The summed E-state index contributed by atoms with van der Waals surface area (Å²) in [5, 5.41) is 81.1. The molecule has 2 aliphatic rings. The molecule has 129 heavy (non-hydrogen) atoms. The number of aromatic carboxylic acids is 2. The second-order valence-electron chi connectivity index (χ2n) is 29.2. The van der Waals surface area contributed by atoms with E-state index < -0.39 is 156 Å². The van der Waals surface area contributed by atoms with E-state index in [1.165, 1.54) is 146 Å². The molecule has 30 heteroatoms. The number of thiophene rings is 2. The number of carbonyl (C=O) groups is 6. The molecular formula is C99H70F6N8O14S2. The van der Waals surface area contributed by atoms with Gasteiger partial charge in [-0.25, -0.2) is 19.2 Å². The highest BCUT2D eigenvalue weighted by molar-refractivity contribution is 7.14. The number of carboxylic acid groups (broad SMARTS) is 2. The van der Waals surface area contributed by atoms with Crippen molar-refractivity contribution in [1.82, 2.24) is 0 Å². The number of aldehydes is 2. The van der Waals surface area contributed by atoms with Gasteiger partial charge in [-0.1, -0.05) is 172 Å². The monoisotopic (exact) mass is 1770 g/mol. The number of nitriles is 6. The Balaban J connectivity index is 0.767. The molecule has 2 unspecified atom stereocenters. The number of alkyl halides is 6. The Morgan fingerprint density at radius 3 is 1.07 bits per heavy atom. The van der Waals surface area contributed by atoms with Crippen molar-refractivity contribution in [3.63, 3.8) is 0 Å². The van der Waals surface area contributed by atoms with Gasteiger partial charge in [-0.15, -0.1) is 22.7 Å². The Morgan fingerprint density at radius 2 is 0.760 bits per heavy atom. The van der Waals surface area contributed by atoms with Crippen molar-refractivity contribution in [2.75, 3.05) is 50.2 Å². The molecule has 0 aliphatic carbocycles. The first-order valence-electron chi connectivity index (χ1n) is 39.0. The van der Waals surface area contributed by atoms with Crippen LogP contribution in [0.25, 0.3) is 36.5 Å². The molecule has 2 N–H and O–H groups in total. The Morgan fingerprint density at radius 1 is 0.434 bits per heavy atom. The summed E-state index contributed by atoms with van der Waals surface area (Å²) in [4.78, 5) is 87.4. The number of anilines is 2. The summed E-state index contributed by atoms with van der Waals surface area (Å²) in [6.07, 6.45) is 1.90. The van der Waals surface area contributed by atoms with Crippen molar-refractivity contribution >= 4 is 107 Å². The number of hydrogen-bond donors (Lipinski definition) is 2.